The SMILES string of the molecule is COc1ccc(C=CC(=O)OC(C(=O)c2ccccc2)c2ccccc2)cc1OC. The van der Waals surface area contributed by atoms with E-state index in [1.807, 2.05) is 12.1 Å². The van der Waals surface area contributed by atoms with Gasteiger partial charge in [0.2, 0.25) is 5.78 Å². The van der Waals surface area contributed by atoms with Gasteiger partial charge in [-0.1, -0.05) is 66.7 Å². The van der Waals surface area contributed by atoms with Crippen molar-refractivity contribution in [1.82, 2.24) is 0 Å². The Balaban J connectivity index is 1.80. The molecule has 0 bridgehead atoms. The Morgan fingerprint density at radius 3 is 2.07 bits per heavy atom. The summed E-state index contributed by atoms with van der Waals surface area (Å²) in [6.45, 7) is 0. The number of rotatable bonds is 8. The third kappa shape index (κ3) is 5.14. The first-order valence-electron chi connectivity index (χ1n) is 9.37. The largest absolute Gasteiger partial charge is 0.493 e. The van der Waals surface area contributed by atoms with Crippen molar-refractivity contribution in [2.24, 2.45) is 0 Å². The van der Waals surface area contributed by atoms with E-state index in [-0.39, 0.29) is 5.78 Å². The van der Waals surface area contributed by atoms with Crippen molar-refractivity contribution < 1.29 is 23.8 Å². The van der Waals surface area contributed by atoms with E-state index in [1.54, 1.807) is 87.0 Å². The van der Waals surface area contributed by atoms with E-state index in [4.69, 9.17) is 14.2 Å². The van der Waals surface area contributed by atoms with E-state index in [2.05, 4.69) is 0 Å². The molecule has 3 aromatic rings. The molecule has 0 N–H and O–H groups in total. The monoisotopic (exact) mass is 402 g/mol. The molecule has 1 atom stereocenters. The highest BCUT2D eigenvalue weighted by atomic mass is 16.5. The third-order valence-electron chi connectivity index (χ3n) is 4.45. The Morgan fingerprint density at radius 2 is 1.43 bits per heavy atom. The molecule has 0 radical (unpaired) electrons. The minimum atomic E-state index is -1.03. The summed E-state index contributed by atoms with van der Waals surface area (Å²) in [7, 11) is 3.09. The van der Waals surface area contributed by atoms with E-state index in [0.29, 0.717) is 22.6 Å². The molecule has 152 valence electrons. The molecule has 0 aliphatic heterocycles. The van der Waals surface area contributed by atoms with Crippen molar-refractivity contribution in [3.05, 3.63) is 102 Å². The maximum Gasteiger partial charge on any atom is 0.331 e. The lowest BCUT2D eigenvalue weighted by Crippen LogP contribution is -2.19. The zero-order valence-corrected chi connectivity index (χ0v) is 16.8. The van der Waals surface area contributed by atoms with E-state index in [1.165, 1.54) is 6.08 Å². The minimum Gasteiger partial charge on any atom is -0.493 e. The number of Topliss-reactive ketones (excluding diaryl/α,β-unsaturated/α-hetero) is 1. The maximum atomic E-state index is 13.0. The van der Waals surface area contributed by atoms with Gasteiger partial charge in [-0.05, 0) is 23.8 Å². The van der Waals surface area contributed by atoms with Crippen molar-refractivity contribution in [3.8, 4) is 11.5 Å². The summed E-state index contributed by atoms with van der Waals surface area (Å²) in [6.07, 6.45) is 1.85. The lowest BCUT2D eigenvalue weighted by Gasteiger charge is -2.16. The normalized spacial score (nSPS) is 11.7. The smallest absolute Gasteiger partial charge is 0.331 e. The molecular weight excluding hydrogens is 380 g/mol. The van der Waals surface area contributed by atoms with Crippen molar-refractivity contribution in [2.75, 3.05) is 14.2 Å². The molecule has 0 aromatic heterocycles. The Kier molecular flexibility index (Phi) is 7.00. The van der Waals surface area contributed by atoms with Gasteiger partial charge in [-0.3, -0.25) is 4.79 Å². The fraction of sp³-hybridized carbons (Fsp3) is 0.120. The molecule has 0 fully saturated rings. The van der Waals surface area contributed by atoms with Gasteiger partial charge in [0.25, 0.3) is 0 Å². The van der Waals surface area contributed by atoms with Gasteiger partial charge < -0.3 is 14.2 Å². The first kappa shape index (κ1) is 20.9. The molecule has 0 aliphatic rings. The Morgan fingerprint density at radius 1 is 0.800 bits per heavy atom. The van der Waals surface area contributed by atoms with Crippen LogP contribution in [-0.2, 0) is 9.53 Å². The predicted octanol–water partition coefficient (Wildman–Crippen LogP) is 4.88. The summed E-state index contributed by atoms with van der Waals surface area (Å²) in [4.78, 5) is 25.5. The number of esters is 1. The zero-order valence-electron chi connectivity index (χ0n) is 16.8. The van der Waals surface area contributed by atoms with Crippen LogP contribution in [0.3, 0.4) is 0 Å². The fourth-order valence-corrected chi connectivity index (χ4v) is 2.93. The lowest BCUT2D eigenvalue weighted by atomic mass is 10.00. The van der Waals surface area contributed by atoms with E-state index < -0.39 is 12.1 Å². The number of hydrogen-bond acceptors (Lipinski definition) is 5. The first-order valence-corrected chi connectivity index (χ1v) is 9.37. The Labute approximate surface area is 175 Å². The summed E-state index contributed by atoms with van der Waals surface area (Å²) in [5.41, 5.74) is 1.82. The van der Waals surface area contributed by atoms with Crippen LogP contribution < -0.4 is 9.47 Å². The molecule has 0 saturated carbocycles. The average Bonchev–Trinajstić information content (AvgIpc) is 2.81. The van der Waals surface area contributed by atoms with Crippen molar-refractivity contribution in [1.29, 1.82) is 0 Å². The van der Waals surface area contributed by atoms with Gasteiger partial charge in [-0.15, -0.1) is 0 Å². The van der Waals surface area contributed by atoms with Crippen molar-refractivity contribution in [3.63, 3.8) is 0 Å². The maximum absolute atomic E-state index is 13.0. The van der Waals surface area contributed by atoms with Crippen LogP contribution in [0.5, 0.6) is 11.5 Å². The van der Waals surface area contributed by atoms with E-state index in [0.717, 1.165) is 5.56 Å². The van der Waals surface area contributed by atoms with E-state index >= 15 is 0 Å². The number of methoxy groups -OCH3 is 2. The zero-order chi connectivity index (χ0) is 21.3. The van der Waals surface area contributed by atoms with E-state index in [9.17, 15) is 9.59 Å². The number of ether oxygens (including phenoxy) is 3. The third-order valence-corrected chi connectivity index (χ3v) is 4.45. The van der Waals surface area contributed by atoms with Crippen LogP contribution >= 0.6 is 0 Å². The summed E-state index contributed by atoms with van der Waals surface area (Å²) in [5, 5.41) is 0. The van der Waals surface area contributed by atoms with Crippen LogP contribution in [0.4, 0.5) is 0 Å². The topological polar surface area (TPSA) is 61.8 Å². The summed E-state index contributed by atoms with van der Waals surface area (Å²) >= 11 is 0. The number of benzene rings is 3. The van der Waals surface area contributed by atoms with Gasteiger partial charge in [0.05, 0.1) is 14.2 Å². The van der Waals surface area contributed by atoms with Crippen LogP contribution in [0, 0.1) is 0 Å². The Hall–Kier alpha value is -3.86. The summed E-state index contributed by atoms with van der Waals surface area (Å²) in [5.74, 6) is 0.238. The van der Waals surface area contributed by atoms with Gasteiger partial charge >= 0.3 is 5.97 Å². The molecule has 5 heteroatoms. The fourth-order valence-electron chi connectivity index (χ4n) is 2.93. The van der Waals surface area contributed by atoms with Crippen LogP contribution in [-0.4, -0.2) is 26.0 Å². The minimum absolute atomic E-state index is 0.283. The highest BCUT2D eigenvalue weighted by Gasteiger charge is 2.25. The molecule has 0 aliphatic carbocycles. The number of hydrogen-bond donors (Lipinski definition) is 0. The molecule has 1 unspecified atom stereocenters. The first-order chi connectivity index (χ1) is 14.6. The van der Waals surface area contributed by atoms with Gasteiger partial charge in [0.15, 0.2) is 17.6 Å². The standard InChI is InChI=1S/C25H22O5/c1-28-21-15-13-18(17-22(21)29-2)14-16-23(26)30-25(20-11-7-4-8-12-20)24(27)19-9-5-3-6-10-19/h3-17,25H,1-2H3. The summed E-state index contributed by atoms with van der Waals surface area (Å²) in [6, 6.07) is 23.0. The second-order valence-corrected chi connectivity index (χ2v) is 6.41. The van der Waals surface area contributed by atoms with Crippen LogP contribution in [0.15, 0.2) is 84.9 Å². The molecule has 30 heavy (non-hydrogen) atoms. The van der Waals surface area contributed by atoms with Crippen molar-refractivity contribution >= 4 is 17.8 Å². The molecule has 0 amide bonds. The molecule has 0 saturated heterocycles. The second kappa shape index (κ2) is 10.1. The van der Waals surface area contributed by atoms with Crippen molar-refractivity contribution in [2.45, 2.75) is 6.10 Å². The molecule has 3 aromatic carbocycles. The molecule has 0 spiro atoms. The molecule has 3 rings (SSSR count). The van der Waals surface area contributed by atoms with Gasteiger partial charge in [0, 0.05) is 17.2 Å². The molecule has 0 heterocycles. The summed E-state index contributed by atoms with van der Waals surface area (Å²) < 4.78 is 16.0. The van der Waals surface area contributed by atoms with Crippen LogP contribution in [0.25, 0.3) is 6.08 Å². The average molecular weight is 402 g/mol. The number of carbonyl (C=O) groups excluding carboxylic acids is 2. The Bertz CT molecular complexity index is 1030. The van der Waals surface area contributed by atoms with Crippen LogP contribution in [0.1, 0.15) is 27.6 Å². The highest BCUT2D eigenvalue weighted by Crippen LogP contribution is 2.28. The molecule has 5 nitrogen and oxygen atoms in total. The van der Waals surface area contributed by atoms with Crippen LogP contribution in [0.2, 0.25) is 0 Å². The molecular formula is C25H22O5. The second-order valence-electron chi connectivity index (χ2n) is 6.41. The predicted molar refractivity (Wildman–Crippen MR) is 115 cm³/mol. The number of carbonyl (C=O) groups is 2. The number of ketones is 1. The van der Waals surface area contributed by atoms with Gasteiger partial charge in [-0.25, -0.2) is 4.79 Å². The quantitative estimate of drug-likeness (QED) is 0.305. The lowest BCUT2D eigenvalue weighted by molar-refractivity contribution is -0.141. The van der Waals surface area contributed by atoms with Gasteiger partial charge in [0.1, 0.15) is 0 Å². The van der Waals surface area contributed by atoms with Gasteiger partial charge in [-0.2, -0.15) is 0 Å². The highest BCUT2D eigenvalue weighted by molar-refractivity contribution is 6.01.